The van der Waals surface area contributed by atoms with E-state index in [2.05, 4.69) is 0 Å². The van der Waals surface area contributed by atoms with Crippen LogP contribution in [0, 0.1) is 17.7 Å². The second kappa shape index (κ2) is 6.07. The maximum atomic E-state index is 13.4. The van der Waals surface area contributed by atoms with Gasteiger partial charge in [-0.1, -0.05) is 19.1 Å². The van der Waals surface area contributed by atoms with Crippen molar-refractivity contribution >= 4 is 11.9 Å². The average Bonchev–Trinajstić information content (AvgIpc) is 2.45. The summed E-state index contributed by atoms with van der Waals surface area (Å²) >= 11 is 0. The Labute approximate surface area is 129 Å². The molecule has 0 spiro atoms. The fraction of sp³-hybridized carbons (Fsp3) is 0.529. The van der Waals surface area contributed by atoms with Gasteiger partial charge in [0, 0.05) is 13.1 Å². The van der Waals surface area contributed by atoms with E-state index in [1.807, 2.05) is 6.92 Å². The molecule has 0 saturated carbocycles. The van der Waals surface area contributed by atoms with Gasteiger partial charge in [0.1, 0.15) is 5.82 Å². The molecule has 5 heteroatoms. The zero-order valence-corrected chi connectivity index (χ0v) is 13.2. The SMILES string of the molecule is CC1CN(C(=O)C(C)(C)c2cccc(F)c2)CCC1C(=O)O. The van der Waals surface area contributed by atoms with E-state index >= 15 is 0 Å². The largest absolute Gasteiger partial charge is 0.481 e. The van der Waals surface area contributed by atoms with Gasteiger partial charge in [-0.2, -0.15) is 0 Å². The number of nitrogens with zero attached hydrogens (tertiary/aromatic N) is 1. The minimum Gasteiger partial charge on any atom is -0.481 e. The smallest absolute Gasteiger partial charge is 0.306 e. The van der Waals surface area contributed by atoms with Gasteiger partial charge in [0.2, 0.25) is 5.91 Å². The third kappa shape index (κ3) is 3.13. The van der Waals surface area contributed by atoms with Gasteiger partial charge in [0.25, 0.3) is 0 Å². The van der Waals surface area contributed by atoms with Gasteiger partial charge < -0.3 is 10.0 Å². The van der Waals surface area contributed by atoms with Gasteiger partial charge in [-0.25, -0.2) is 4.39 Å². The van der Waals surface area contributed by atoms with Crippen LogP contribution in [-0.2, 0) is 15.0 Å². The molecule has 1 saturated heterocycles. The van der Waals surface area contributed by atoms with Crippen LogP contribution >= 0.6 is 0 Å². The first kappa shape index (κ1) is 16.5. The van der Waals surface area contributed by atoms with Crippen molar-refractivity contribution in [1.82, 2.24) is 4.90 Å². The number of carboxylic acids is 1. The summed E-state index contributed by atoms with van der Waals surface area (Å²) in [5.41, 5.74) is -0.205. The number of piperidine rings is 1. The summed E-state index contributed by atoms with van der Waals surface area (Å²) < 4.78 is 13.4. The standard InChI is InChI=1S/C17H22FNO3/c1-11-10-19(8-7-14(11)15(20)21)16(22)17(2,3)12-5-4-6-13(18)9-12/h4-6,9,11,14H,7-8,10H2,1-3H3,(H,20,21). The summed E-state index contributed by atoms with van der Waals surface area (Å²) in [6.07, 6.45) is 0.460. The number of likely N-dealkylation sites (tertiary alicyclic amines) is 1. The van der Waals surface area contributed by atoms with Crippen LogP contribution in [0.25, 0.3) is 0 Å². The second-order valence-electron chi connectivity index (χ2n) is 6.60. The Hall–Kier alpha value is -1.91. The molecule has 120 valence electrons. The topological polar surface area (TPSA) is 57.6 Å². The molecule has 22 heavy (non-hydrogen) atoms. The zero-order chi connectivity index (χ0) is 16.5. The highest BCUT2D eigenvalue weighted by atomic mass is 19.1. The summed E-state index contributed by atoms with van der Waals surface area (Å²) in [6, 6.07) is 6.07. The second-order valence-corrected chi connectivity index (χ2v) is 6.60. The van der Waals surface area contributed by atoms with E-state index < -0.39 is 17.3 Å². The molecule has 2 unspecified atom stereocenters. The molecule has 1 heterocycles. The van der Waals surface area contributed by atoms with E-state index in [4.69, 9.17) is 5.11 Å². The molecular formula is C17H22FNO3. The van der Waals surface area contributed by atoms with Crippen LogP contribution in [0.1, 0.15) is 32.8 Å². The third-order valence-electron chi connectivity index (χ3n) is 4.59. The molecule has 1 aromatic carbocycles. The summed E-state index contributed by atoms with van der Waals surface area (Å²) in [7, 11) is 0. The highest BCUT2D eigenvalue weighted by Gasteiger charge is 2.39. The number of halogens is 1. The highest BCUT2D eigenvalue weighted by molar-refractivity contribution is 5.87. The van der Waals surface area contributed by atoms with E-state index in [0.717, 1.165) is 0 Å². The Bertz CT molecular complexity index is 585. The molecule has 2 atom stereocenters. The molecule has 0 aliphatic carbocycles. The lowest BCUT2D eigenvalue weighted by atomic mass is 9.81. The summed E-state index contributed by atoms with van der Waals surface area (Å²) in [4.78, 5) is 25.7. The predicted molar refractivity (Wildman–Crippen MR) is 80.9 cm³/mol. The molecule has 1 aliphatic rings. The Morgan fingerprint density at radius 3 is 2.59 bits per heavy atom. The number of carbonyl (C=O) groups excluding carboxylic acids is 1. The van der Waals surface area contributed by atoms with E-state index in [9.17, 15) is 14.0 Å². The minimum atomic E-state index is -0.835. The summed E-state index contributed by atoms with van der Waals surface area (Å²) in [6.45, 7) is 6.26. The van der Waals surface area contributed by atoms with Crippen LogP contribution in [0.5, 0.6) is 0 Å². The molecule has 1 N–H and O–H groups in total. The van der Waals surface area contributed by atoms with E-state index in [0.29, 0.717) is 25.1 Å². The molecule has 0 aromatic heterocycles. The van der Waals surface area contributed by atoms with Gasteiger partial charge in [-0.15, -0.1) is 0 Å². The Balaban J connectivity index is 2.16. The van der Waals surface area contributed by atoms with Crippen molar-refractivity contribution in [3.63, 3.8) is 0 Å². The van der Waals surface area contributed by atoms with Crippen molar-refractivity contribution < 1.29 is 19.1 Å². The van der Waals surface area contributed by atoms with Gasteiger partial charge in [-0.05, 0) is 43.9 Å². The zero-order valence-electron chi connectivity index (χ0n) is 13.2. The van der Waals surface area contributed by atoms with E-state index in [1.54, 1.807) is 30.9 Å². The molecule has 0 bridgehead atoms. The lowest BCUT2D eigenvalue weighted by molar-refractivity contribution is -0.149. The number of rotatable bonds is 3. The first-order valence-corrected chi connectivity index (χ1v) is 7.51. The average molecular weight is 307 g/mol. The normalized spacial score (nSPS) is 22.5. The van der Waals surface area contributed by atoms with Gasteiger partial charge in [0.05, 0.1) is 11.3 Å². The molecule has 4 nitrogen and oxygen atoms in total. The number of carbonyl (C=O) groups is 2. The number of benzene rings is 1. The highest BCUT2D eigenvalue weighted by Crippen LogP contribution is 2.30. The van der Waals surface area contributed by atoms with Crippen LogP contribution in [0.15, 0.2) is 24.3 Å². The van der Waals surface area contributed by atoms with Crippen LogP contribution in [0.4, 0.5) is 4.39 Å². The number of amides is 1. The fourth-order valence-corrected chi connectivity index (χ4v) is 3.09. The molecule has 1 amide bonds. The fourth-order valence-electron chi connectivity index (χ4n) is 3.09. The quantitative estimate of drug-likeness (QED) is 0.934. The lowest BCUT2D eigenvalue weighted by Crippen LogP contribution is -2.50. The maximum absolute atomic E-state index is 13.4. The van der Waals surface area contributed by atoms with Crippen molar-refractivity contribution in [2.75, 3.05) is 13.1 Å². The maximum Gasteiger partial charge on any atom is 0.306 e. The Morgan fingerprint density at radius 1 is 1.36 bits per heavy atom. The molecule has 2 rings (SSSR count). The van der Waals surface area contributed by atoms with Crippen molar-refractivity contribution in [3.8, 4) is 0 Å². The van der Waals surface area contributed by atoms with Crippen LogP contribution in [0.3, 0.4) is 0 Å². The van der Waals surface area contributed by atoms with Crippen molar-refractivity contribution in [3.05, 3.63) is 35.6 Å². The van der Waals surface area contributed by atoms with E-state index in [-0.39, 0.29) is 17.6 Å². The van der Waals surface area contributed by atoms with Gasteiger partial charge in [0.15, 0.2) is 0 Å². The van der Waals surface area contributed by atoms with Crippen LogP contribution in [-0.4, -0.2) is 35.0 Å². The Morgan fingerprint density at radius 2 is 2.05 bits per heavy atom. The lowest BCUT2D eigenvalue weighted by Gasteiger charge is -2.39. The molecule has 1 aliphatic heterocycles. The monoisotopic (exact) mass is 307 g/mol. The number of hydrogen-bond donors (Lipinski definition) is 1. The Kier molecular flexibility index (Phi) is 4.54. The van der Waals surface area contributed by atoms with Crippen molar-refractivity contribution in [1.29, 1.82) is 0 Å². The first-order valence-electron chi connectivity index (χ1n) is 7.51. The van der Waals surface area contributed by atoms with Crippen molar-refractivity contribution in [2.45, 2.75) is 32.6 Å². The molecular weight excluding hydrogens is 285 g/mol. The number of hydrogen-bond acceptors (Lipinski definition) is 2. The number of carboxylic acid groups (broad SMARTS) is 1. The van der Waals surface area contributed by atoms with Crippen LogP contribution < -0.4 is 0 Å². The summed E-state index contributed by atoms with van der Waals surface area (Å²) in [5, 5.41) is 9.16. The molecule has 1 aromatic rings. The van der Waals surface area contributed by atoms with Crippen LogP contribution in [0.2, 0.25) is 0 Å². The molecule has 1 fully saturated rings. The van der Waals surface area contributed by atoms with Gasteiger partial charge >= 0.3 is 5.97 Å². The predicted octanol–water partition coefficient (Wildman–Crippen LogP) is 2.67. The third-order valence-corrected chi connectivity index (χ3v) is 4.59. The number of aliphatic carboxylic acids is 1. The minimum absolute atomic E-state index is 0.0847. The first-order chi connectivity index (χ1) is 10.2. The van der Waals surface area contributed by atoms with Gasteiger partial charge in [-0.3, -0.25) is 9.59 Å². The van der Waals surface area contributed by atoms with E-state index in [1.165, 1.54) is 12.1 Å². The summed E-state index contributed by atoms with van der Waals surface area (Å²) in [5.74, 6) is -1.74. The molecule has 0 radical (unpaired) electrons. The van der Waals surface area contributed by atoms with Crippen molar-refractivity contribution in [2.24, 2.45) is 11.8 Å².